The van der Waals surface area contributed by atoms with E-state index in [4.69, 9.17) is 0 Å². The molecule has 0 radical (unpaired) electrons. The van der Waals surface area contributed by atoms with Gasteiger partial charge in [-0.2, -0.15) is 0 Å². The summed E-state index contributed by atoms with van der Waals surface area (Å²) in [5.74, 6) is 0.264. The molecule has 1 amide bonds. The molecule has 8 heteroatoms. The molecule has 2 heterocycles. The lowest BCUT2D eigenvalue weighted by molar-refractivity contribution is -0.116. The number of anilines is 1. The van der Waals surface area contributed by atoms with Crippen LogP contribution in [0.1, 0.15) is 25.3 Å². The van der Waals surface area contributed by atoms with Crippen LogP contribution in [0.15, 0.2) is 48.5 Å². The molecule has 0 aliphatic heterocycles. The molecule has 1 N–H and O–H groups in total. The third-order valence-corrected chi connectivity index (χ3v) is 5.10. The summed E-state index contributed by atoms with van der Waals surface area (Å²) in [6.07, 6.45) is 0. The van der Waals surface area contributed by atoms with Crippen LogP contribution in [0.5, 0.6) is 0 Å². The number of nitrogens with one attached hydrogen (secondary N) is 1. The van der Waals surface area contributed by atoms with E-state index in [1.54, 1.807) is 4.68 Å². The Bertz CT molecular complexity index is 1080. The van der Waals surface area contributed by atoms with Crippen LogP contribution in [0.25, 0.3) is 21.6 Å². The normalized spacial score (nSPS) is 11.2. The molecule has 7 nitrogen and oxygen atoms in total. The van der Waals surface area contributed by atoms with Crippen molar-refractivity contribution in [3.05, 3.63) is 54.1 Å². The van der Waals surface area contributed by atoms with Gasteiger partial charge in [-0.25, -0.2) is 4.68 Å². The summed E-state index contributed by atoms with van der Waals surface area (Å²) in [6, 6.07) is 15.8. The number of carbonyl (C=O) groups excluding carboxylic acids is 1. The van der Waals surface area contributed by atoms with Gasteiger partial charge in [-0.05, 0) is 23.6 Å². The SMILES string of the molecule is CC(C)c1ccc(-c2nnc(NC(=O)Cn3nnc4ccccc43)s2)cc1. The van der Waals surface area contributed by atoms with E-state index in [1.165, 1.54) is 16.9 Å². The highest BCUT2D eigenvalue weighted by Gasteiger charge is 2.12. The number of hydrogen-bond acceptors (Lipinski definition) is 6. The Morgan fingerprint density at radius 1 is 1.07 bits per heavy atom. The summed E-state index contributed by atoms with van der Waals surface area (Å²) >= 11 is 1.35. The molecule has 0 saturated heterocycles. The standard InChI is InChI=1S/C19H18N6OS/c1-12(2)13-7-9-14(10-8-13)18-22-23-19(27-18)20-17(26)11-25-16-6-4-3-5-15(16)21-24-25/h3-10,12H,11H2,1-2H3,(H,20,23,26). The highest BCUT2D eigenvalue weighted by atomic mass is 32.1. The molecule has 4 rings (SSSR count). The molecule has 4 aromatic rings. The van der Waals surface area contributed by atoms with Crippen LogP contribution in [-0.4, -0.2) is 31.1 Å². The van der Waals surface area contributed by atoms with Crippen molar-refractivity contribution in [1.82, 2.24) is 25.2 Å². The van der Waals surface area contributed by atoms with Crippen LogP contribution < -0.4 is 5.32 Å². The zero-order valence-electron chi connectivity index (χ0n) is 15.0. The molecule has 0 spiro atoms. The van der Waals surface area contributed by atoms with E-state index in [-0.39, 0.29) is 12.5 Å². The molecule has 0 aliphatic carbocycles. The lowest BCUT2D eigenvalue weighted by atomic mass is 10.0. The first kappa shape index (κ1) is 17.3. The molecule has 0 aliphatic rings. The first-order valence-electron chi connectivity index (χ1n) is 8.62. The number of para-hydroxylation sites is 1. The molecule has 0 unspecified atom stereocenters. The fraction of sp³-hybridized carbons (Fsp3) is 0.211. The van der Waals surface area contributed by atoms with E-state index in [9.17, 15) is 4.79 Å². The number of rotatable bonds is 5. The maximum absolute atomic E-state index is 12.3. The van der Waals surface area contributed by atoms with Gasteiger partial charge >= 0.3 is 0 Å². The van der Waals surface area contributed by atoms with Crippen molar-refractivity contribution in [2.75, 3.05) is 5.32 Å². The van der Waals surface area contributed by atoms with Gasteiger partial charge < -0.3 is 0 Å². The third-order valence-electron chi connectivity index (χ3n) is 4.21. The van der Waals surface area contributed by atoms with E-state index >= 15 is 0 Å². The summed E-state index contributed by atoms with van der Waals surface area (Å²) in [7, 11) is 0. The smallest absolute Gasteiger partial charge is 0.248 e. The van der Waals surface area contributed by atoms with Gasteiger partial charge in [0.05, 0.1) is 5.52 Å². The third kappa shape index (κ3) is 3.70. The molecule has 0 saturated carbocycles. The zero-order valence-corrected chi connectivity index (χ0v) is 15.8. The van der Waals surface area contributed by atoms with Gasteiger partial charge in [0.2, 0.25) is 11.0 Å². The summed E-state index contributed by atoms with van der Waals surface area (Å²) in [6.45, 7) is 4.39. The van der Waals surface area contributed by atoms with Crippen LogP contribution >= 0.6 is 11.3 Å². The van der Waals surface area contributed by atoms with E-state index in [0.717, 1.165) is 21.6 Å². The van der Waals surface area contributed by atoms with Gasteiger partial charge in [0.1, 0.15) is 17.1 Å². The fourth-order valence-corrected chi connectivity index (χ4v) is 3.50. The Morgan fingerprint density at radius 3 is 2.63 bits per heavy atom. The summed E-state index contributed by atoms with van der Waals surface area (Å²) in [5.41, 5.74) is 3.83. The van der Waals surface area contributed by atoms with E-state index in [2.05, 4.69) is 51.8 Å². The highest BCUT2D eigenvalue weighted by molar-refractivity contribution is 7.18. The van der Waals surface area contributed by atoms with Crippen molar-refractivity contribution < 1.29 is 4.79 Å². The Balaban J connectivity index is 1.45. The van der Waals surface area contributed by atoms with Crippen LogP contribution in [0.3, 0.4) is 0 Å². The zero-order chi connectivity index (χ0) is 18.8. The molecule has 2 aromatic heterocycles. The average Bonchev–Trinajstić information content (AvgIpc) is 3.29. The van der Waals surface area contributed by atoms with Gasteiger partial charge in [-0.1, -0.05) is 66.8 Å². The quantitative estimate of drug-likeness (QED) is 0.572. The Morgan fingerprint density at radius 2 is 1.85 bits per heavy atom. The van der Waals surface area contributed by atoms with Crippen molar-refractivity contribution in [3.8, 4) is 10.6 Å². The van der Waals surface area contributed by atoms with E-state index in [0.29, 0.717) is 11.0 Å². The number of benzene rings is 2. The second kappa shape index (κ2) is 7.24. The minimum atomic E-state index is -0.219. The number of amides is 1. The second-order valence-corrected chi connectivity index (χ2v) is 7.45. The summed E-state index contributed by atoms with van der Waals surface area (Å²) < 4.78 is 1.57. The predicted octanol–water partition coefficient (Wildman–Crippen LogP) is 3.71. The number of carbonyl (C=O) groups is 1. The number of fused-ring (bicyclic) bond motifs is 1. The molecule has 0 fully saturated rings. The molecular weight excluding hydrogens is 360 g/mol. The van der Waals surface area contributed by atoms with Gasteiger partial charge in [0, 0.05) is 5.56 Å². The van der Waals surface area contributed by atoms with E-state index < -0.39 is 0 Å². The van der Waals surface area contributed by atoms with Crippen molar-refractivity contribution in [2.45, 2.75) is 26.3 Å². The number of aromatic nitrogens is 5. The van der Waals surface area contributed by atoms with Crippen molar-refractivity contribution in [2.24, 2.45) is 0 Å². The molecular formula is C19H18N6OS. The van der Waals surface area contributed by atoms with Crippen molar-refractivity contribution >= 4 is 33.4 Å². The minimum absolute atomic E-state index is 0.0680. The minimum Gasteiger partial charge on any atom is -0.299 e. The topological polar surface area (TPSA) is 85.6 Å². The van der Waals surface area contributed by atoms with Gasteiger partial charge in [0.25, 0.3) is 0 Å². The highest BCUT2D eigenvalue weighted by Crippen LogP contribution is 2.27. The first-order valence-corrected chi connectivity index (χ1v) is 9.44. The maximum Gasteiger partial charge on any atom is 0.248 e. The van der Waals surface area contributed by atoms with Crippen molar-refractivity contribution in [3.63, 3.8) is 0 Å². The maximum atomic E-state index is 12.3. The Labute approximate surface area is 160 Å². The molecule has 136 valence electrons. The first-order chi connectivity index (χ1) is 13.1. The monoisotopic (exact) mass is 378 g/mol. The average molecular weight is 378 g/mol. The molecule has 27 heavy (non-hydrogen) atoms. The van der Waals surface area contributed by atoms with Crippen LogP contribution in [-0.2, 0) is 11.3 Å². The number of nitrogens with zero attached hydrogens (tertiary/aromatic N) is 5. The lowest BCUT2D eigenvalue weighted by Crippen LogP contribution is -2.19. The van der Waals surface area contributed by atoms with Gasteiger partial charge in [-0.15, -0.1) is 15.3 Å². The van der Waals surface area contributed by atoms with Gasteiger partial charge in [0.15, 0.2) is 0 Å². The molecule has 2 aromatic carbocycles. The molecule has 0 bridgehead atoms. The predicted molar refractivity (Wildman–Crippen MR) is 106 cm³/mol. The largest absolute Gasteiger partial charge is 0.299 e. The Kier molecular flexibility index (Phi) is 4.64. The van der Waals surface area contributed by atoms with Crippen LogP contribution in [0.2, 0.25) is 0 Å². The fourth-order valence-electron chi connectivity index (χ4n) is 2.73. The lowest BCUT2D eigenvalue weighted by Gasteiger charge is -2.04. The van der Waals surface area contributed by atoms with E-state index in [1.807, 2.05) is 36.4 Å². The Hall–Kier alpha value is -3.13. The van der Waals surface area contributed by atoms with Crippen LogP contribution in [0.4, 0.5) is 5.13 Å². The van der Waals surface area contributed by atoms with Crippen LogP contribution in [0, 0.1) is 0 Å². The van der Waals surface area contributed by atoms with Crippen molar-refractivity contribution in [1.29, 1.82) is 0 Å². The second-order valence-electron chi connectivity index (χ2n) is 6.47. The summed E-state index contributed by atoms with van der Waals surface area (Å²) in [5, 5.41) is 20.3. The molecule has 0 atom stereocenters. The summed E-state index contributed by atoms with van der Waals surface area (Å²) in [4.78, 5) is 12.3. The number of hydrogen-bond donors (Lipinski definition) is 1. The van der Waals surface area contributed by atoms with Gasteiger partial charge in [-0.3, -0.25) is 10.1 Å².